The van der Waals surface area contributed by atoms with Gasteiger partial charge in [0, 0.05) is 19.2 Å². The Balaban J connectivity index is 2.44. The molecule has 0 amide bonds. The van der Waals surface area contributed by atoms with Crippen LogP contribution in [0.5, 0.6) is 5.75 Å². The Hall–Kier alpha value is -1.90. The molecular formula is C16H21NO6S. The topological polar surface area (TPSA) is 93.1 Å². The number of rotatable bonds is 5. The molecule has 0 radical (unpaired) electrons. The van der Waals surface area contributed by atoms with Gasteiger partial charge < -0.3 is 14.6 Å². The summed E-state index contributed by atoms with van der Waals surface area (Å²) in [4.78, 5) is 10.7. The summed E-state index contributed by atoms with van der Waals surface area (Å²) in [6.45, 7) is 4.15. The second-order valence-corrected chi connectivity index (χ2v) is 7.57. The van der Waals surface area contributed by atoms with Crippen LogP contribution in [0.25, 0.3) is 6.08 Å². The van der Waals surface area contributed by atoms with Crippen LogP contribution in [0.2, 0.25) is 0 Å². The minimum atomic E-state index is -3.78. The molecule has 1 aromatic rings. The molecule has 132 valence electrons. The fourth-order valence-electron chi connectivity index (χ4n) is 2.63. The molecule has 7 nitrogen and oxygen atoms in total. The van der Waals surface area contributed by atoms with Crippen LogP contribution in [0.15, 0.2) is 29.2 Å². The van der Waals surface area contributed by atoms with Crippen LogP contribution < -0.4 is 4.74 Å². The van der Waals surface area contributed by atoms with Crippen molar-refractivity contribution in [1.29, 1.82) is 0 Å². The lowest BCUT2D eigenvalue weighted by molar-refractivity contribution is -0.131. The number of carbonyl (C=O) groups is 1. The molecule has 0 spiro atoms. The van der Waals surface area contributed by atoms with E-state index < -0.39 is 16.0 Å². The largest absolute Gasteiger partial charge is 0.495 e. The number of carboxylic acids is 1. The average molecular weight is 355 g/mol. The fourth-order valence-corrected chi connectivity index (χ4v) is 4.41. The quantitative estimate of drug-likeness (QED) is 0.806. The number of aliphatic carboxylic acids is 1. The Morgan fingerprint density at radius 3 is 2.50 bits per heavy atom. The van der Waals surface area contributed by atoms with E-state index in [1.807, 2.05) is 13.8 Å². The van der Waals surface area contributed by atoms with Gasteiger partial charge in [-0.2, -0.15) is 4.31 Å². The van der Waals surface area contributed by atoms with Gasteiger partial charge in [-0.15, -0.1) is 0 Å². The molecule has 0 saturated carbocycles. The maximum Gasteiger partial charge on any atom is 0.328 e. The van der Waals surface area contributed by atoms with Gasteiger partial charge in [0.25, 0.3) is 0 Å². The standard InChI is InChI=1S/C16H21NO6S/c1-11-9-17(10-12(2)23-11)24(20,21)15-8-13(5-7-16(18)19)4-6-14(15)22-3/h4-8,11-12H,9-10H2,1-3H3,(H,18,19)/b7-5+. The van der Waals surface area contributed by atoms with Gasteiger partial charge in [0.2, 0.25) is 10.0 Å². The molecule has 2 atom stereocenters. The van der Waals surface area contributed by atoms with E-state index in [0.29, 0.717) is 5.56 Å². The second-order valence-electron chi connectivity index (χ2n) is 5.66. The average Bonchev–Trinajstić information content (AvgIpc) is 2.51. The van der Waals surface area contributed by atoms with Crippen molar-refractivity contribution >= 4 is 22.1 Å². The molecule has 1 aromatic carbocycles. The van der Waals surface area contributed by atoms with Gasteiger partial charge in [0.05, 0.1) is 19.3 Å². The molecule has 24 heavy (non-hydrogen) atoms. The van der Waals surface area contributed by atoms with E-state index in [2.05, 4.69) is 0 Å². The van der Waals surface area contributed by atoms with Crippen molar-refractivity contribution < 1.29 is 27.8 Å². The van der Waals surface area contributed by atoms with Crippen LogP contribution in [0.3, 0.4) is 0 Å². The molecule has 2 rings (SSSR count). The Bertz CT molecular complexity index is 733. The highest BCUT2D eigenvalue weighted by Crippen LogP contribution is 2.30. The lowest BCUT2D eigenvalue weighted by Gasteiger charge is -2.34. The molecule has 1 aliphatic rings. The Labute approximate surface area is 141 Å². The number of hydrogen-bond acceptors (Lipinski definition) is 5. The zero-order chi connectivity index (χ0) is 17.9. The summed E-state index contributed by atoms with van der Waals surface area (Å²) < 4.78 is 38.1. The Morgan fingerprint density at radius 2 is 1.96 bits per heavy atom. The summed E-state index contributed by atoms with van der Waals surface area (Å²) in [5.41, 5.74) is 0.464. The number of methoxy groups -OCH3 is 1. The van der Waals surface area contributed by atoms with Crippen molar-refractivity contribution in [3.05, 3.63) is 29.8 Å². The first-order valence-electron chi connectivity index (χ1n) is 7.48. The lowest BCUT2D eigenvalue weighted by atomic mass is 10.2. The minimum Gasteiger partial charge on any atom is -0.495 e. The third-order valence-corrected chi connectivity index (χ3v) is 5.46. The first kappa shape index (κ1) is 18.4. The summed E-state index contributed by atoms with van der Waals surface area (Å²) in [7, 11) is -2.39. The van der Waals surface area contributed by atoms with E-state index in [1.165, 1.54) is 29.6 Å². The van der Waals surface area contributed by atoms with Gasteiger partial charge in [0.15, 0.2) is 0 Å². The smallest absolute Gasteiger partial charge is 0.328 e. The number of sulfonamides is 1. The molecule has 0 bridgehead atoms. The van der Waals surface area contributed by atoms with E-state index in [0.717, 1.165) is 6.08 Å². The first-order valence-corrected chi connectivity index (χ1v) is 8.92. The predicted octanol–water partition coefficient (Wildman–Crippen LogP) is 1.59. The molecule has 0 aromatic heterocycles. The monoisotopic (exact) mass is 355 g/mol. The zero-order valence-electron chi connectivity index (χ0n) is 13.8. The van der Waals surface area contributed by atoms with Crippen LogP contribution >= 0.6 is 0 Å². The maximum atomic E-state index is 13.0. The number of ether oxygens (including phenoxy) is 2. The van der Waals surface area contributed by atoms with Crippen LogP contribution in [0.1, 0.15) is 19.4 Å². The third kappa shape index (κ3) is 4.14. The number of carboxylic acid groups (broad SMARTS) is 1. The summed E-state index contributed by atoms with van der Waals surface area (Å²) in [5.74, 6) is -0.889. The van der Waals surface area contributed by atoms with Gasteiger partial charge in [-0.05, 0) is 37.6 Å². The lowest BCUT2D eigenvalue weighted by Crippen LogP contribution is -2.48. The molecule has 0 aliphatic carbocycles. The SMILES string of the molecule is COc1ccc(/C=C/C(=O)O)cc1S(=O)(=O)N1CC(C)OC(C)C1. The summed E-state index contributed by atoms with van der Waals surface area (Å²) >= 11 is 0. The normalized spacial score (nSPS) is 22.6. The number of morpholine rings is 1. The molecule has 1 heterocycles. The summed E-state index contributed by atoms with van der Waals surface area (Å²) in [6, 6.07) is 4.53. The molecular weight excluding hydrogens is 334 g/mol. The number of benzene rings is 1. The highest BCUT2D eigenvalue weighted by Gasteiger charge is 2.34. The van der Waals surface area contributed by atoms with Crippen molar-refractivity contribution in [2.75, 3.05) is 20.2 Å². The Morgan fingerprint density at radius 1 is 1.33 bits per heavy atom. The maximum absolute atomic E-state index is 13.0. The van der Waals surface area contributed by atoms with Crippen molar-refractivity contribution in [3.8, 4) is 5.75 Å². The van der Waals surface area contributed by atoms with E-state index in [4.69, 9.17) is 14.6 Å². The summed E-state index contributed by atoms with van der Waals surface area (Å²) in [5, 5.41) is 8.72. The molecule has 1 saturated heterocycles. The molecule has 1 N–H and O–H groups in total. The highest BCUT2D eigenvalue weighted by atomic mass is 32.2. The summed E-state index contributed by atoms with van der Waals surface area (Å²) in [6.07, 6.45) is 1.89. The van der Waals surface area contributed by atoms with Crippen LogP contribution in [-0.4, -0.2) is 56.2 Å². The zero-order valence-corrected chi connectivity index (χ0v) is 14.6. The van der Waals surface area contributed by atoms with Crippen LogP contribution in [0.4, 0.5) is 0 Å². The van der Waals surface area contributed by atoms with E-state index in [9.17, 15) is 13.2 Å². The fraction of sp³-hybridized carbons (Fsp3) is 0.438. The molecule has 1 fully saturated rings. The highest BCUT2D eigenvalue weighted by molar-refractivity contribution is 7.89. The van der Waals surface area contributed by atoms with Gasteiger partial charge in [-0.3, -0.25) is 0 Å². The van der Waals surface area contributed by atoms with E-state index in [1.54, 1.807) is 6.07 Å². The van der Waals surface area contributed by atoms with E-state index in [-0.39, 0.29) is 35.9 Å². The molecule has 1 aliphatic heterocycles. The Kier molecular flexibility index (Phi) is 5.63. The number of nitrogens with zero attached hydrogens (tertiary/aromatic N) is 1. The molecule has 8 heteroatoms. The van der Waals surface area contributed by atoms with Crippen LogP contribution in [-0.2, 0) is 19.6 Å². The third-order valence-electron chi connectivity index (χ3n) is 3.61. The van der Waals surface area contributed by atoms with Crippen LogP contribution in [0, 0.1) is 0 Å². The van der Waals surface area contributed by atoms with Gasteiger partial charge in [-0.25, -0.2) is 13.2 Å². The van der Waals surface area contributed by atoms with Crippen molar-refractivity contribution in [2.24, 2.45) is 0 Å². The van der Waals surface area contributed by atoms with Gasteiger partial charge in [0.1, 0.15) is 10.6 Å². The van der Waals surface area contributed by atoms with Crippen molar-refractivity contribution in [1.82, 2.24) is 4.31 Å². The molecule has 2 unspecified atom stereocenters. The van der Waals surface area contributed by atoms with Gasteiger partial charge >= 0.3 is 5.97 Å². The second kappa shape index (κ2) is 7.33. The van der Waals surface area contributed by atoms with E-state index >= 15 is 0 Å². The first-order chi connectivity index (χ1) is 11.2. The van der Waals surface area contributed by atoms with Crippen molar-refractivity contribution in [3.63, 3.8) is 0 Å². The number of hydrogen-bond donors (Lipinski definition) is 1. The minimum absolute atomic E-state index is 0.0128. The predicted molar refractivity (Wildman–Crippen MR) is 88.4 cm³/mol. The van der Waals surface area contributed by atoms with Gasteiger partial charge in [-0.1, -0.05) is 6.07 Å². The van der Waals surface area contributed by atoms with Crippen molar-refractivity contribution in [2.45, 2.75) is 31.0 Å².